The summed E-state index contributed by atoms with van der Waals surface area (Å²) >= 11 is 0. The maximum atomic E-state index is 14.6. The molecule has 1 aliphatic rings. The van der Waals surface area contributed by atoms with Crippen LogP contribution in [0.4, 0.5) is 4.39 Å². The van der Waals surface area contributed by atoms with Crippen molar-refractivity contribution >= 4 is 0 Å². The van der Waals surface area contributed by atoms with Crippen molar-refractivity contribution in [1.82, 2.24) is 14.7 Å². The van der Waals surface area contributed by atoms with Crippen molar-refractivity contribution in [2.45, 2.75) is 51.9 Å². The molecule has 2 heterocycles. The molecule has 1 N–H and O–H groups in total. The predicted octanol–water partition coefficient (Wildman–Crippen LogP) is 4.74. The van der Waals surface area contributed by atoms with Gasteiger partial charge in [-0.3, -0.25) is 4.90 Å². The van der Waals surface area contributed by atoms with Gasteiger partial charge in [0.25, 0.3) is 0 Å². The molecule has 8 heteroatoms. The van der Waals surface area contributed by atoms with Gasteiger partial charge in [-0.25, -0.2) is 9.07 Å². The number of aliphatic hydroxyl groups is 1. The molecule has 1 saturated heterocycles. The third-order valence-corrected chi connectivity index (χ3v) is 6.25. The Morgan fingerprint density at radius 3 is 2.64 bits per heavy atom. The van der Waals surface area contributed by atoms with Crippen LogP contribution >= 0.6 is 0 Å². The molecule has 2 atom stereocenters. The molecule has 0 bridgehead atoms. The minimum atomic E-state index is -0.642. The molecule has 0 unspecified atom stereocenters. The van der Waals surface area contributed by atoms with E-state index >= 15 is 0 Å². The zero-order valence-electron chi connectivity index (χ0n) is 21.1. The second kappa shape index (κ2) is 13.0. The molecule has 36 heavy (non-hydrogen) atoms. The van der Waals surface area contributed by atoms with Crippen molar-refractivity contribution in [3.05, 3.63) is 71.7 Å². The number of aryl methyl sites for hydroxylation is 1. The lowest BCUT2D eigenvalue weighted by Crippen LogP contribution is -2.39. The summed E-state index contributed by atoms with van der Waals surface area (Å²) in [5, 5.41) is 15.5. The second-order valence-electron chi connectivity index (χ2n) is 9.01. The highest BCUT2D eigenvalue weighted by Gasteiger charge is 2.27. The van der Waals surface area contributed by atoms with Crippen molar-refractivity contribution in [1.29, 1.82) is 0 Å². The second-order valence-corrected chi connectivity index (χ2v) is 9.01. The highest BCUT2D eigenvalue weighted by atomic mass is 19.1. The lowest BCUT2D eigenvalue weighted by molar-refractivity contribution is 0.00496. The summed E-state index contributed by atoms with van der Waals surface area (Å²) in [5.74, 6) is 0.172. The van der Waals surface area contributed by atoms with Gasteiger partial charge >= 0.3 is 0 Å². The number of hydrogen-bond donors (Lipinski definition) is 1. The molecule has 1 fully saturated rings. The van der Waals surface area contributed by atoms with Crippen molar-refractivity contribution < 1.29 is 23.7 Å². The van der Waals surface area contributed by atoms with Gasteiger partial charge in [-0.15, -0.1) is 0 Å². The summed E-state index contributed by atoms with van der Waals surface area (Å²) in [5.41, 5.74) is 2.56. The molecule has 2 aromatic carbocycles. The Labute approximate surface area is 212 Å². The molecule has 7 nitrogen and oxygen atoms in total. The van der Waals surface area contributed by atoms with Crippen molar-refractivity contribution in [2.24, 2.45) is 0 Å². The predicted molar refractivity (Wildman–Crippen MR) is 136 cm³/mol. The van der Waals surface area contributed by atoms with Gasteiger partial charge < -0.3 is 19.3 Å². The number of para-hydroxylation sites is 2. The Kier molecular flexibility index (Phi) is 9.47. The number of aromatic nitrogens is 2. The first-order valence-corrected chi connectivity index (χ1v) is 12.8. The highest BCUT2D eigenvalue weighted by Crippen LogP contribution is 2.33. The van der Waals surface area contributed by atoms with Crippen LogP contribution in [0.5, 0.6) is 11.6 Å². The minimum Gasteiger partial charge on any atom is -0.435 e. The van der Waals surface area contributed by atoms with Gasteiger partial charge in [0, 0.05) is 32.8 Å². The maximum Gasteiger partial charge on any atom is 0.227 e. The summed E-state index contributed by atoms with van der Waals surface area (Å²) in [7, 11) is 0. The molecule has 0 spiro atoms. The molecule has 1 aromatic heterocycles. The summed E-state index contributed by atoms with van der Waals surface area (Å²) in [6.07, 6.45) is 2.16. The van der Waals surface area contributed by atoms with Crippen molar-refractivity contribution in [2.75, 3.05) is 32.9 Å². The van der Waals surface area contributed by atoms with Crippen molar-refractivity contribution in [3.8, 4) is 17.3 Å². The number of benzene rings is 2. The van der Waals surface area contributed by atoms with E-state index in [-0.39, 0.29) is 18.5 Å². The molecular formula is C28H36FN3O4. The topological polar surface area (TPSA) is 69.0 Å². The zero-order valence-corrected chi connectivity index (χ0v) is 21.1. The van der Waals surface area contributed by atoms with Crippen LogP contribution in [0.1, 0.15) is 37.9 Å². The Bertz CT molecular complexity index is 1090. The average molecular weight is 498 g/mol. The van der Waals surface area contributed by atoms with E-state index < -0.39 is 11.9 Å². The molecule has 0 saturated carbocycles. The molecule has 4 rings (SSSR count). The van der Waals surface area contributed by atoms with Gasteiger partial charge in [-0.1, -0.05) is 37.3 Å². The number of nitrogens with zero attached hydrogens (tertiary/aromatic N) is 3. The molecule has 0 amide bonds. The first-order valence-electron chi connectivity index (χ1n) is 12.8. The van der Waals surface area contributed by atoms with Gasteiger partial charge in [-0.2, -0.15) is 5.10 Å². The quantitative estimate of drug-likeness (QED) is 0.368. The minimum absolute atomic E-state index is 0.106. The van der Waals surface area contributed by atoms with E-state index in [0.717, 1.165) is 36.4 Å². The summed E-state index contributed by atoms with van der Waals surface area (Å²) in [6.45, 7) is 7.09. The van der Waals surface area contributed by atoms with E-state index in [1.165, 1.54) is 6.07 Å². The monoisotopic (exact) mass is 497 g/mol. The van der Waals surface area contributed by atoms with E-state index in [1.54, 1.807) is 22.9 Å². The van der Waals surface area contributed by atoms with Gasteiger partial charge in [0.15, 0.2) is 11.6 Å². The zero-order chi connectivity index (χ0) is 25.3. The number of ether oxygens (including phenoxy) is 3. The molecule has 194 valence electrons. The van der Waals surface area contributed by atoms with E-state index in [9.17, 15) is 9.50 Å². The van der Waals surface area contributed by atoms with E-state index in [0.29, 0.717) is 38.5 Å². The standard InChI is InChI=1S/C28H36FN3O4/c1-3-26-24(19-31(17-22(33)20-34-4-2)18-23-13-10-16-35-23)28(36-27-15-9-8-14-25(27)29)32(30-26)21-11-6-5-7-12-21/h5-9,11-12,14-15,22-23,33H,3-4,10,13,16-20H2,1-2H3/t22-,23+/m0/s1. The van der Waals surface area contributed by atoms with Crippen LogP contribution in [-0.4, -0.2) is 64.9 Å². The lowest BCUT2D eigenvalue weighted by Gasteiger charge is -2.27. The molecular weight excluding hydrogens is 461 g/mol. The maximum absolute atomic E-state index is 14.6. The van der Waals surface area contributed by atoms with Crippen LogP contribution in [0.2, 0.25) is 0 Å². The van der Waals surface area contributed by atoms with Crippen LogP contribution in [0.25, 0.3) is 5.69 Å². The van der Waals surface area contributed by atoms with Crippen LogP contribution < -0.4 is 4.74 Å². The number of aliphatic hydroxyl groups excluding tert-OH is 1. The lowest BCUT2D eigenvalue weighted by atomic mass is 10.1. The molecule has 1 aliphatic heterocycles. The van der Waals surface area contributed by atoms with Crippen LogP contribution in [0, 0.1) is 5.82 Å². The Morgan fingerprint density at radius 1 is 1.17 bits per heavy atom. The van der Waals surface area contributed by atoms with Gasteiger partial charge in [0.05, 0.1) is 35.8 Å². The van der Waals surface area contributed by atoms with Crippen molar-refractivity contribution in [3.63, 3.8) is 0 Å². The smallest absolute Gasteiger partial charge is 0.227 e. The third kappa shape index (κ3) is 6.70. The molecule has 0 aliphatic carbocycles. The van der Waals surface area contributed by atoms with Gasteiger partial charge in [-0.05, 0) is 50.5 Å². The number of hydrogen-bond acceptors (Lipinski definition) is 6. The molecule has 3 aromatic rings. The Morgan fingerprint density at radius 2 is 1.94 bits per heavy atom. The molecule has 0 radical (unpaired) electrons. The highest BCUT2D eigenvalue weighted by molar-refractivity contribution is 5.44. The fourth-order valence-electron chi connectivity index (χ4n) is 4.51. The van der Waals surface area contributed by atoms with Crippen LogP contribution in [0.15, 0.2) is 54.6 Å². The number of halogens is 1. The SMILES string of the molecule is CCOC[C@@H](O)CN(Cc1c(CC)nn(-c2ccccc2)c1Oc1ccccc1F)C[C@H]1CCCO1. The van der Waals surface area contributed by atoms with Crippen LogP contribution in [-0.2, 0) is 22.4 Å². The van der Waals surface area contributed by atoms with E-state index in [1.807, 2.05) is 44.2 Å². The Hall–Kier alpha value is -2.78. The van der Waals surface area contributed by atoms with E-state index in [4.69, 9.17) is 19.3 Å². The fourth-order valence-corrected chi connectivity index (χ4v) is 4.51. The largest absolute Gasteiger partial charge is 0.435 e. The summed E-state index contributed by atoms with van der Waals surface area (Å²) in [4.78, 5) is 2.17. The van der Waals surface area contributed by atoms with E-state index in [2.05, 4.69) is 4.90 Å². The van der Waals surface area contributed by atoms with Gasteiger partial charge in [0.1, 0.15) is 0 Å². The average Bonchev–Trinajstić information content (AvgIpc) is 3.52. The van der Waals surface area contributed by atoms with Gasteiger partial charge in [0.2, 0.25) is 5.88 Å². The third-order valence-electron chi connectivity index (χ3n) is 6.25. The summed E-state index contributed by atoms with van der Waals surface area (Å²) in [6, 6.07) is 16.1. The first-order chi connectivity index (χ1) is 17.6. The fraction of sp³-hybridized carbons (Fsp3) is 0.464. The Balaban J connectivity index is 1.70. The first kappa shape index (κ1) is 26.3. The number of rotatable bonds is 13. The summed E-state index contributed by atoms with van der Waals surface area (Å²) < 4.78 is 33.9. The normalized spacial score (nSPS) is 16.5. The van der Waals surface area contributed by atoms with Crippen LogP contribution in [0.3, 0.4) is 0 Å².